The van der Waals surface area contributed by atoms with Crippen molar-refractivity contribution in [3.05, 3.63) is 0 Å². The van der Waals surface area contributed by atoms with Gasteiger partial charge in [-0.1, -0.05) is 32.1 Å². The molecule has 3 saturated carbocycles. The average molecular weight is 387 g/mol. The van der Waals surface area contributed by atoms with Crippen LogP contribution in [0.2, 0.25) is 0 Å². The molecule has 4 fully saturated rings. The number of likely N-dealkylation sites (tertiary alicyclic amines) is 1. The van der Waals surface area contributed by atoms with Crippen molar-refractivity contribution >= 4 is 11.9 Å². The van der Waals surface area contributed by atoms with Crippen LogP contribution in [0.4, 0.5) is 4.79 Å². The van der Waals surface area contributed by atoms with Crippen molar-refractivity contribution in [2.75, 3.05) is 13.1 Å². The van der Waals surface area contributed by atoms with Crippen LogP contribution < -0.4 is 10.6 Å². The molecule has 1 spiro atoms. The van der Waals surface area contributed by atoms with Crippen LogP contribution in [0, 0.1) is 22.7 Å². The summed E-state index contributed by atoms with van der Waals surface area (Å²) in [6.45, 7) is 1.60. The van der Waals surface area contributed by atoms with E-state index in [1.54, 1.807) is 0 Å². The summed E-state index contributed by atoms with van der Waals surface area (Å²) >= 11 is 0. The Hall–Kier alpha value is -1.77. The molecule has 1 atom stereocenters. The van der Waals surface area contributed by atoms with Gasteiger partial charge in [-0.2, -0.15) is 5.26 Å². The maximum atomic E-state index is 13.0. The largest absolute Gasteiger partial charge is 0.336 e. The highest BCUT2D eigenvalue weighted by molar-refractivity contribution is 5.88. The highest BCUT2D eigenvalue weighted by Gasteiger charge is 2.47. The molecule has 2 N–H and O–H groups in total. The minimum Gasteiger partial charge on any atom is -0.336 e. The number of carbonyl (C=O) groups excluding carboxylic acids is 2. The summed E-state index contributed by atoms with van der Waals surface area (Å²) in [7, 11) is 0. The maximum absolute atomic E-state index is 13.0. The molecule has 3 aliphatic carbocycles. The van der Waals surface area contributed by atoms with E-state index in [2.05, 4.69) is 16.7 Å². The van der Waals surface area contributed by atoms with E-state index in [1.165, 1.54) is 32.1 Å². The Kier molecular flexibility index (Phi) is 5.53. The third kappa shape index (κ3) is 4.14. The van der Waals surface area contributed by atoms with Crippen molar-refractivity contribution in [3.63, 3.8) is 0 Å². The normalized spacial score (nSPS) is 27.0. The second-order valence-electron chi connectivity index (χ2n) is 9.70. The van der Waals surface area contributed by atoms with Gasteiger partial charge in [0.15, 0.2) is 0 Å². The van der Waals surface area contributed by atoms with Crippen molar-refractivity contribution < 1.29 is 9.59 Å². The average Bonchev–Trinajstić information content (AvgIpc) is 3.36. The minimum atomic E-state index is -0.686. The molecule has 0 bridgehead atoms. The SMILES string of the molecule is N#CC1(NC(=O)[C@@H](NC(=O)N2CCC3(CCCC3)CC2)C2CCCCC2)CC1. The lowest BCUT2D eigenvalue weighted by atomic mass is 9.77. The van der Waals surface area contributed by atoms with Gasteiger partial charge in [-0.15, -0.1) is 0 Å². The molecule has 4 aliphatic rings. The third-order valence-electron chi connectivity index (χ3n) is 7.78. The van der Waals surface area contributed by atoms with Crippen LogP contribution in [-0.4, -0.2) is 41.5 Å². The zero-order valence-corrected chi connectivity index (χ0v) is 17.0. The summed E-state index contributed by atoms with van der Waals surface area (Å²) in [5.74, 6) is 0.0155. The molecule has 6 heteroatoms. The van der Waals surface area contributed by atoms with Gasteiger partial charge in [0.1, 0.15) is 11.6 Å². The van der Waals surface area contributed by atoms with Gasteiger partial charge in [0.2, 0.25) is 5.91 Å². The zero-order chi connectivity index (χ0) is 19.6. The Bertz CT molecular complexity index is 629. The molecule has 6 nitrogen and oxygen atoms in total. The van der Waals surface area contributed by atoms with Gasteiger partial charge in [-0.25, -0.2) is 4.79 Å². The molecule has 1 aliphatic heterocycles. The molecule has 1 heterocycles. The van der Waals surface area contributed by atoms with E-state index in [4.69, 9.17) is 0 Å². The van der Waals surface area contributed by atoms with E-state index in [9.17, 15) is 14.9 Å². The van der Waals surface area contributed by atoms with Gasteiger partial charge in [-0.05, 0) is 62.7 Å². The smallest absolute Gasteiger partial charge is 0.318 e. The summed E-state index contributed by atoms with van der Waals surface area (Å²) in [5, 5.41) is 15.3. The van der Waals surface area contributed by atoms with Crippen LogP contribution in [0.25, 0.3) is 0 Å². The number of nitrogens with zero attached hydrogens (tertiary/aromatic N) is 2. The molecule has 1 saturated heterocycles. The Morgan fingerprint density at radius 1 is 0.929 bits per heavy atom. The molecule has 3 amide bonds. The number of hydrogen-bond acceptors (Lipinski definition) is 3. The fraction of sp³-hybridized carbons (Fsp3) is 0.864. The summed E-state index contributed by atoms with van der Waals surface area (Å²) in [4.78, 5) is 27.9. The highest BCUT2D eigenvalue weighted by atomic mass is 16.2. The lowest BCUT2D eigenvalue weighted by Gasteiger charge is -2.40. The summed E-state index contributed by atoms with van der Waals surface area (Å²) in [5.41, 5.74) is -0.212. The number of nitriles is 1. The van der Waals surface area contributed by atoms with Crippen molar-refractivity contribution in [1.82, 2.24) is 15.5 Å². The fourth-order valence-corrected chi connectivity index (χ4v) is 5.60. The van der Waals surface area contributed by atoms with Crippen molar-refractivity contribution in [2.24, 2.45) is 11.3 Å². The Balaban J connectivity index is 1.38. The fourth-order valence-electron chi connectivity index (χ4n) is 5.60. The number of urea groups is 1. The lowest BCUT2D eigenvalue weighted by Crippen LogP contribution is -2.57. The van der Waals surface area contributed by atoms with Gasteiger partial charge < -0.3 is 15.5 Å². The quantitative estimate of drug-likeness (QED) is 0.776. The van der Waals surface area contributed by atoms with Gasteiger partial charge in [0.05, 0.1) is 6.07 Å². The first-order valence-electron chi connectivity index (χ1n) is 11.3. The first-order valence-corrected chi connectivity index (χ1v) is 11.3. The Morgan fingerprint density at radius 2 is 1.57 bits per heavy atom. The molecule has 0 radical (unpaired) electrons. The van der Waals surface area contributed by atoms with E-state index in [0.29, 0.717) is 5.41 Å². The second-order valence-corrected chi connectivity index (χ2v) is 9.70. The zero-order valence-electron chi connectivity index (χ0n) is 17.0. The van der Waals surface area contributed by atoms with Crippen LogP contribution >= 0.6 is 0 Å². The topological polar surface area (TPSA) is 85.2 Å². The summed E-state index contributed by atoms with van der Waals surface area (Å²) in [6.07, 6.45) is 14.3. The van der Waals surface area contributed by atoms with Crippen molar-refractivity contribution in [3.8, 4) is 6.07 Å². The van der Waals surface area contributed by atoms with E-state index < -0.39 is 11.6 Å². The first-order chi connectivity index (χ1) is 13.5. The van der Waals surface area contributed by atoms with Crippen LogP contribution in [0.1, 0.15) is 83.5 Å². The molecule has 0 aromatic heterocycles. The van der Waals surface area contributed by atoms with E-state index in [0.717, 1.165) is 64.5 Å². The molecule has 154 valence electrons. The number of rotatable bonds is 4. The maximum Gasteiger partial charge on any atom is 0.318 e. The molecular formula is C22H34N4O2. The highest BCUT2D eigenvalue weighted by Crippen LogP contribution is 2.46. The molecule has 0 unspecified atom stereocenters. The van der Waals surface area contributed by atoms with Gasteiger partial charge >= 0.3 is 6.03 Å². The number of nitrogens with one attached hydrogen (secondary N) is 2. The molecular weight excluding hydrogens is 352 g/mol. The Labute approximate surface area is 168 Å². The molecule has 4 rings (SSSR count). The first kappa shape index (κ1) is 19.5. The van der Waals surface area contributed by atoms with E-state index in [-0.39, 0.29) is 17.9 Å². The van der Waals surface area contributed by atoms with Gasteiger partial charge in [-0.3, -0.25) is 4.79 Å². The van der Waals surface area contributed by atoms with Crippen molar-refractivity contribution in [2.45, 2.75) is 95.1 Å². The number of amides is 3. The number of carbonyl (C=O) groups is 2. The van der Waals surface area contributed by atoms with Gasteiger partial charge in [0, 0.05) is 13.1 Å². The third-order valence-corrected chi connectivity index (χ3v) is 7.78. The number of piperidine rings is 1. The number of hydrogen-bond donors (Lipinski definition) is 2. The van der Waals surface area contributed by atoms with Gasteiger partial charge in [0.25, 0.3) is 0 Å². The standard InChI is InChI=1S/C22H34N4O2/c23-16-22(10-11-22)25-19(27)18(17-6-2-1-3-7-17)24-20(28)26-14-12-21(13-15-26)8-4-5-9-21/h17-18H,1-15H2,(H,24,28)(H,25,27)/t18-/m0/s1. The molecule has 28 heavy (non-hydrogen) atoms. The Morgan fingerprint density at radius 3 is 2.14 bits per heavy atom. The van der Waals surface area contributed by atoms with Crippen LogP contribution in [0.3, 0.4) is 0 Å². The van der Waals surface area contributed by atoms with Crippen molar-refractivity contribution in [1.29, 1.82) is 5.26 Å². The predicted molar refractivity (Wildman–Crippen MR) is 106 cm³/mol. The van der Waals surface area contributed by atoms with Crippen LogP contribution in [0.5, 0.6) is 0 Å². The molecule has 0 aromatic rings. The second kappa shape index (κ2) is 7.93. The van der Waals surface area contributed by atoms with Crippen LogP contribution in [-0.2, 0) is 4.79 Å². The predicted octanol–water partition coefficient (Wildman–Crippen LogP) is 3.47. The molecule has 0 aromatic carbocycles. The van der Waals surface area contributed by atoms with Crippen LogP contribution in [0.15, 0.2) is 0 Å². The van der Waals surface area contributed by atoms with E-state index in [1.807, 2.05) is 4.90 Å². The lowest BCUT2D eigenvalue weighted by molar-refractivity contribution is -0.125. The minimum absolute atomic E-state index is 0.0969. The monoisotopic (exact) mass is 386 g/mol. The van der Waals surface area contributed by atoms with E-state index >= 15 is 0 Å². The summed E-state index contributed by atoms with van der Waals surface area (Å²) in [6, 6.07) is 1.62. The summed E-state index contributed by atoms with van der Waals surface area (Å²) < 4.78 is 0.